The van der Waals surface area contributed by atoms with Gasteiger partial charge in [-0.1, -0.05) is 12.1 Å². The van der Waals surface area contributed by atoms with Crippen molar-refractivity contribution in [3.8, 4) is 5.75 Å². The lowest BCUT2D eigenvalue weighted by Crippen LogP contribution is -2.35. The van der Waals surface area contributed by atoms with Crippen molar-refractivity contribution in [2.24, 2.45) is 0 Å². The third-order valence-corrected chi connectivity index (χ3v) is 5.61. The molecule has 0 radical (unpaired) electrons. The first kappa shape index (κ1) is 14.7. The molecule has 1 N–H and O–H groups in total. The Morgan fingerprint density at radius 1 is 1.38 bits per heavy atom. The predicted molar refractivity (Wildman–Crippen MR) is 85.5 cm³/mol. The highest BCUT2D eigenvalue weighted by atomic mass is 32.2. The van der Waals surface area contributed by atoms with E-state index in [0.717, 1.165) is 17.9 Å². The van der Waals surface area contributed by atoms with Crippen molar-refractivity contribution >= 4 is 17.7 Å². The predicted octanol–water partition coefficient (Wildman–Crippen LogP) is 2.41. The van der Waals surface area contributed by atoms with Gasteiger partial charge in [-0.25, -0.2) is 0 Å². The van der Waals surface area contributed by atoms with Gasteiger partial charge in [-0.15, -0.1) is 0 Å². The van der Waals surface area contributed by atoms with Crippen LogP contribution in [-0.2, 0) is 4.79 Å². The molecule has 3 unspecified atom stereocenters. The number of rotatable bonds is 4. The quantitative estimate of drug-likeness (QED) is 0.927. The van der Waals surface area contributed by atoms with Gasteiger partial charge in [0.1, 0.15) is 11.9 Å². The molecule has 21 heavy (non-hydrogen) atoms. The maximum atomic E-state index is 12.4. The lowest BCUT2D eigenvalue weighted by molar-refractivity contribution is -0.129. The molecule has 114 valence electrons. The van der Waals surface area contributed by atoms with Gasteiger partial charge in [0.2, 0.25) is 5.91 Å². The van der Waals surface area contributed by atoms with E-state index >= 15 is 0 Å². The molecule has 1 aromatic rings. The molecule has 1 amide bonds. The van der Waals surface area contributed by atoms with Crippen LogP contribution in [0.5, 0.6) is 5.75 Å². The minimum Gasteiger partial charge on any atom is -0.497 e. The largest absolute Gasteiger partial charge is 0.497 e. The van der Waals surface area contributed by atoms with E-state index in [1.54, 1.807) is 7.11 Å². The number of ether oxygens (including phenoxy) is 1. The lowest BCUT2D eigenvalue weighted by atomic mass is 10.1. The van der Waals surface area contributed by atoms with Gasteiger partial charge >= 0.3 is 0 Å². The van der Waals surface area contributed by atoms with E-state index < -0.39 is 0 Å². The van der Waals surface area contributed by atoms with E-state index in [4.69, 9.17) is 4.74 Å². The minimum absolute atomic E-state index is 0.0143. The molecule has 3 atom stereocenters. The summed E-state index contributed by atoms with van der Waals surface area (Å²) in [6.45, 7) is 2.79. The van der Waals surface area contributed by atoms with Crippen LogP contribution >= 0.6 is 11.8 Å². The topological polar surface area (TPSA) is 41.6 Å². The van der Waals surface area contributed by atoms with E-state index in [1.165, 1.54) is 18.6 Å². The van der Waals surface area contributed by atoms with Gasteiger partial charge in [0, 0.05) is 11.8 Å². The Hall–Kier alpha value is -1.20. The molecule has 1 aromatic carbocycles. The van der Waals surface area contributed by atoms with Crippen LogP contribution in [0.4, 0.5) is 0 Å². The second kappa shape index (κ2) is 6.28. The molecule has 2 saturated heterocycles. The molecule has 0 spiro atoms. The Labute approximate surface area is 130 Å². The fourth-order valence-corrected chi connectivity index (χ4v) is 4.31. The summed E-state index contributed by atoms with van der Waals surface area (Å²) in [6, 6.07) is 7.87. The molecule has 2 heterocycles. The Bertz CT molecular complexity index is 500. The zero-order valence-corrected chi connectivity index (χ0v) is 13.4. The van der Waals surface area contributed by atoms with Gasteiger partial charge < -0.3 is 9.64 Å². The average Bonchev–Trinajstić information content (AvgIpc) is 3.11. The third kappa shape index (κ3) is 3.04. The highest BCUT2D eigenvalue weighted by Gasteiger charge is 2.38. The number of benzene rings is 1. The Morgan fingerprint density at radius 3 is 2.76 bits per heavy atom. The maximum Gasteiger partial charge on any atom is 0.241 e. The monoisotopic (exact) mass is 306 g/mol. The summed E-state index contributed by atoms with van der Waals surface area (Å²) in [5, 5.41) is 3.99. The Kier molecular flexibility index (Phi) is 4.40. The average molecular weight is 306 g/mol. The van der Waals surface area contributed by atoms with Gasteiger partial charge in [0.25, 0.3) is 0 Å². The van der Waals surface area contributed by atoms with E-state index in [9.17, 15) is 4.79 Å². The van der Waals surface area contributed by atoms with E-state index in [-0.39, 0.29) is 18.1 Å². The second-order valence-electron chi connectivity index (χ2n) is 5.69. The van der Waals surface area contributed by atoms with Crippen molar-refractivity contribution in [3.05, 3.63) is 29.8 Å². The van der Waals surface area contributed by atoms with Crippen LogP contribution in [0, 0.1) is 0 Å². The molecule has 0 aliphatic carbocycles. The summed E-state index contributed by atoms with van der Waals surface area (Å²) in [4.78, 5) is 14.4. The number of nitrogens with one attached hydrogen (secondary N) is 1. The minimum atomic E-state index is -0.108. The molecule has 2 fully saturated rings. The number of hydrogen-bond acceptors (Lipinski definition) is 4. The van der Waals surface area contributed by atoms with Crippen molar-refractivity contribution in [3.63, 3.8) is 0 Å². The molecule has 0 aromatic heterocycles. The van der Waals surface area contributed by atoms with Crippen LogP contribution in [-0.4, -0.2) is 41.5 Å². The summed E-state index contributed by atoms with van der Waals surface area (Å²) in [5.41, 5.74) is 1.12. The zero-order valence-electron chi connectivity index (χ0n) is 12.5. The highest BCUT2D eigenvalue weighted by molar-refractivity contribution is 8.00. The van der Waals surface area contributed by atoms with Crippen LogP contribution in [0.1, 0.15) is 31.5 Å². The molecule has 0 saturated carbocycles. The maximum absolute atomic E-state index is 12.4. The van der Waals surface area contributed by atoms with Crippen molar-refractivity contribution in [1.29, 1.82) is 0 Å². The van der Waals surface area contributed by atoms with Gasteiger partial charge in [0.05, 0.1) is 13.2 Å². The molecule has 3 rings (SSSR count). The number of amides is 1. The zero-order chi connectivity index (χ0) is 14.8. The first-order chi connectivity index (χ1) is 10.2. The number of carbonyl (C=O) groups excluding carboxylic acids is 1. The molecule has 5 heteroatoms. The van der Waals surface area contributed by atoms with Crippen molar-refractivity contribution in [2.75, 3.05) is 19.4 Å². The van der Waals surface area contributed by atoms with Gasteiger partial charge in [0.15, 0.2) is 0 Å². The summed E-state index contributed by atoms with van der Waals surface area (Å²) < 4.78 is 5.20. The fourth-order valence-electron chi connectivity index (χ4n) is 3.04. The molecular weight excluding hydrogens is 284 g/mol. The Balaban J connectivity index is 1.78. The van der Waals surface area contributed by atoms with Crippen molar-refractivity contribution in [1.82, 2.24) is 10.2 Å². The van der Waals surface area contributed by atoms with Gasteiger partial charge in [-0.05, 0) is 43.2 Å². The second-order valence-corrected chi connectivity index (χ2v) is 7.10. The summed E-state index contributed by atoms with van der Waals surface area (Å²) in [5.74, 6) is 2.28. The molecule has 4 nitrogen and oxygen atoms in total. The number of carbonyl (C=O) groups is 1. The van der Waals surface area contributed by atoms with Gasteiger partial charge in [-0.3, -0.25) is 10.1 Å². The molecule has 2 aliphatic heterocycles. The Morgan fingerprint density at radius 2 is 2.14 bits per heavy atom. The molecule has 2 aliphatic rings. The summed E-state index contributed by atoms with van der Waals surface area (Å²) in [6.07, 6.45) is 2.48. The first-order valence-electron chi connectivity index (χ1n) is 7.51. The number of methoxy groups -OCH3 is 1. The van der Waals surface area contributed by atoms with Crippen LogP contribution in [0.3, 0.4) is 0 Å². The van der Waals surface area contributed by atoms with Crippen LogP contribution in [0.25, 0.3) is 0 Å². The van der Waals surface area contributed by atoms with E-state index in [1.807, 2.05) is 47.9 Å². The summed E-state index contributed by atoms with van der Waals surface area (Å²) in [7, 11) is 1.66. The van der Waals surface area contributed by atoms with Crippen molar-refractivity contribution < 1.29 is 9.53 Å². The third-order valence-electron chi connectivity index (χ3n) is 4.23. The SMILES string of the molecule is COc1ccc(C2NC(C)C(=O)N2CC2CCCS2)cc1. The smallest absolute Gasteiger partial charge is 0.241 e. The number of thioether (sulfide) groups is 1. The normalized spacial score (nSPS) is 29.1. The fraction of sp³-hybridized carbons (Fsp3) is 0.562. The first-order valence-corrected chi connectivity index (χ1v) is 8.56. The lowest BCUT2D eigenvalue weighted by Gasteiger charge is -2.27. The standard InChI is InChI=1S/C16H22N2O2S/c1-11-16(19)18(10-14-4-3-9-21-14)15(17-11)12-5-7-13(20-2)8-6-12/h5-8,11,14-15,17H,3-4,9-10H2,1-2H3. The van der Waals surface area contributed by atoms with E-state index in [2.05, 4.69) is 5.32 Å². The van der Waals surface area contributed by atoms with Crippen molar-refractivity contribution in [2.45, 2.75) is 37.2 Å². The number of nitrogens with zero attached hydrogens (tertiary/aromatic N) is 1. The van der Waals surface area contributed by atoms with E-state index in [0.29, 0.717) is 5.25 Å². The highest BCUT2D eigenvalue weighted by Crippen LogP contribution is 2.32. The molecular formula is C16H22N2O2S. The van der Waals surface area contributed by atoms with Crippen LogP contribution in [0.2, 0.25) is 0 Å². The van der Waals surface area contributed by atoms with Crippen LogP contribution in [0.15, 0.2) is 24.3 Å². The number of hydrogen-bond donors (Lipinski definition) is 1. The summed E-state index contributed by atoms with van der Waals surface area (Å²) >= 11 is 1.99. The van der Waals surface area contributed by atoms with Crippen LogP contribution < -0.4 is 10.1 Å². The molecule has 0 bridgehead atoms. The van der Waals surface area contributed by atoms with Gasteiger partial charge in [-0.2, -0.15) is 11.8 Å².